The van der Waals surface area contributed by atoms with Crippen LogP contribution in [0.3, 0.4) is 0 Å². The molecule has 0 spiro atoms. The molecule has 4 unspecified atom stereocenters. The van der Waals surface area contributed by atoms with Gasteiger partial charge in [0.05, 0.1) is 0 Å². The van der Waals surface area contributed by atoms with Gasteiger partial charge in [0.25, 0.3) is 0 Å². The second kappa shape index (κ2) is 5.50. The van der Waals surface area contributed by atoms with Gasteiger partial charge in [-0.2, -0.15) is 0 Å². The SMILES string of the molecule is CC(C)NN1C2CCCCC2CC2CCCCC21. The molecule has 2 saturated carbocycles. The second-order valence-corrected chi connectivity index (χ2v) is 7.15. The summed E-state index contributed by atoms with van der Waals surface area (Å²) in [5, 5.41) is 2.74. The Balaban J connectivity index is 1.78. The summed E-state index contributed by atoms with van der Waals surface area (Å²) in [6.45, 7) is 4.59. The summed E-state index contributed by atoms with van der Waals surface area (Å²) in [7, 11) is 0. The van der Waals surface area contributed by atoms with E-state index in [0.717, 1.165) is 23.9 Å². The average molecular weight is 250 g/mol. The minimum atomic E-state index is 0.591. The second-order valence-electron chi connectivity index (χ2n) is 7.15. The van der Waals surface area contributed by atoms with Crippen molar-refractivity contribution in [2.75, 3.05) is 0 Å². The maximum atomic E-state index is 3.81. The molecule has 0 aromatic carbocycles. The van der Waals surface area contributed by atoms with Gasteiger partial charge in [-0.15, -0.1) is 0 Å². The minimum Gasteiger partial charge on any atom is -0.252 e. The molecule has 0 bridgehead atoms. The fraction of sp³-hybridized carbons (Fsp3) is 1.00. The van der Waals surface area contributed by atoms with Crippen LogP contribution in [0.4, 0.5) is 0 Å². The lowest BCUT2D eigenvalue weighted by Gasteiger charge is -2.54. The van der Waals surface area contributed by atoms with Crippen LogP contribution < -0.4 is 5.43 Å². The summed E-state index contributed by atoms with van der Waals surface area (Å²) in [6, 6.07) is 2.29. The van der Waals surface area contributed by atoms with Crippen molar-refractivity contribution in [2.24, 2.45) is 11.8 Å². The van der Waals surface area contributed by atoms with E-state index >= 15 is 0 Å². The fourth-order valence-corrected chi connectivity index (χ4v) is 4.78. The van der Waals surface area contributed by atoms with Crippen LogP contribution in [-0.2, 0) is 0 Å². The van der Waals surface area contributed by atoms with Crippen molar-refractivity contribution in [3.8, 4) is 0 Å². The predicted octanol–water partition coefficient (Wildman–Crippen LogP) is 3.72. The van der Waals surface area contributed by atoms with E-state index in [0.29, 0.717) is 6.04 Å². The lowest BCUT2D eigenvalue weighted by Crippen LogP contribution is -2.63. The number of nitrogens with zero attached hydrogens (tertiary/aromatic N) is 1. The van der Waals surface area contributed by atoms with Crippen molar-refractivity contribution in [3.63, 3.8) is 0 Å². The number of piperidine rings is 1. The molecule has 2 heteroatoms. The van der Waals surface area contributed by atoms with Gasteiger partial charge >= 0.3 is 0 Å². The van der Waals surface area contributed by atoms with Gasteiger partial charge in [-0.1, -0.05) is 25.7 Å². The molecule has 2 aliphatic carbocycles. The van der Waals surface area contributed by atoms with Crippen molar-refractivity contribution >= 4 is 0 Å². The number of rotatable bonds is 2. The standard InChI is InChI=1S/C16H30N2/c1-12(2)17-18-15-9-5-3-7-13(15)11-14-8-4-6-10-16(14)18/h12-17H,3-11H2,1-2H3. The van der Waals surface area contributed by atoms with E-state index in [4.69, 9.17) is 0 Å². The monoisotopic (exact) mass is 250 g/mol. The number of hydrogen-bond acceptors (Lipinski definition) is 2. The average Bonchev–Trinajstić information content (AvgIpc) is 2.38. The molecule has 3 aliphatic rings. The summed E-state index contributed by atoms with van der Waals surface area (Å²) in [6.07, 6.45) is 13.3. The molecular formula is C16H30N2. The molecule has 104 valence electrons. The third-order valence-corrected chi connectivity index (χ3v) is 5.47. The molecule has 18 heavy (non-hydrogen) atoms. The van der Waals surface area contributed by atoms with Gasteiger partial charge in [0.15, 0.2) is 0 Å². The molecule has 2 nitrogen and oxygen atoms in total. The molecule has 1 N–H and O–H groups in total. The van der Waals surface area contributed by atoms with Gasteiger partial charge in [0.1, 0.15) is 0 Å². The molecule has 0 aromatic rings. The van der Waals surface area contributed by atoms with Gasteiger partial charge < -0.3 is 0 Å². The Bertz CT molecular complexity index is 254. The maximum absolute atomic E-state index is 3.81. The Labute approximate surface area is 112 Å². The van der Waals surface area contributed by atoms with Crippen molar-refractivity contribution in [3.05, 3.63) is 0 Å². The summed E-state index contributed by atoms with van der Waals surface area (Å²) >= 11 is 0. The topological polar surface area (TPSA) is 15.3 Å². The van der Waals surface area contributed by atoms with Crippen LogP contribution >= 0.6 is 0 Å². The van der Waals surface area contributed by atoms with Crippen molar-refractivity contribution in [1.29, 1.82) is 0 Å². The summed E-state index contributed by atoms with van der Waals surface area (Å²) < 4.78 is 0. The highest BCUT2D eigenvalue weighted by Crippen LogP contribution is 2.44. The normalized spacial score (nSPS) is 41.5. The molecule has 0 aromatic heterocycles. The molecule has 0 radical (unpaired) electrons. The lowest BCUT2D eigenvalue weighted by atomic mass is 9.68. The number of nitrogens with one attached hydrogen (secondary N) is 1. The molecule has 3 rings (SSSR count). The third kappa shape index (κ3) is 2.46. The smallest absolute Gasteiger partial charge is 0.0275 e. The van der Waals surface area contributed by atoms with Crippen molar-refractivity contribution in [2.45, 2.75) is 89.8 Å². The Kier molecular flexibility index (Phi) is 3.95. The van der Waals surface area contributed by atoms with E-state index in [-0.39, 0.29) is 0 Å². The van der Waals surface area contributed by atoms with E-state index in [1.54, 1.807) is 0 Å². The van der Waals surface area contributed by atoms with Crippen molar-refractivity contribution in [1.82, 2.24) is 10.4 Å². The van der Waals surface area contributed by atoms with Crippen LogP contribution in [0.5, 0.6) is 0 Å². The summed E-state index contributed by atoms with van der Waals surface area (Å²) in [4.78, 5) is 0. The van der Waals surface area contributed by atoms with Gasteiger partial charge in [-0.3, -0.25) is 5.43 Å². The quantitative estimate of drug-likeness (QED) is 0.803. The van der Waals surface area contributed by atoms with Crippen LogP contribution in [0.25, 0.3) is 0 Å². The Morgan fingerprint density at radius 3 is 1.83 bits per heavy atom. The zero-order valence-electron chi connectivity index (χ0n) is 12.2. The van der Waals surface area contributed by atoms with E-state index < -0.39 is 0 Å². The van der Waals surface area contributed by atoms with Gasteiger partial charge in [-0.25, -0.2) is 5.01 Å². The molecule has 0 amide bonds. The molecule has 1 heterocycles. The van der Waals surface area contributed by atoms with Crippen LogP contribution in [-0.4, -0.2) is 23.1 Å². The fourth-order valence-electron chi connectivity index (χ4n) is 4.78. The summed E-state index contributed by atoms with van der Waals surface area (Å²) in [5.74, 6) is 1.98. The van der Waals surface area contributed by atoms with Gasteiger partial charge in [-0.05, 0) is 57.8 Å². The minimum absolute atomic E-state index is 0.591. The first-order valence-corrected chi connectivity index (χ1v) is 8.30. The molecule has 1 saturated heterocycles. The molecule has 1 aliphatic heterocycles. The first-order valence-electron chi connectivity index (χ1n) is 8.30. The Morgan fingerprint density at radius 2 is 1.33 bits per heavy atom. The van der Waals surface area contributed by atoms with Gasteiger partial charge in [0.2, 0.25) is 0 Å². The van der Waals surface area contributed by atoms with Crippen LogP contribution in [0.2, 0.25) is 0 Å². The van der Waals surface area contributed by atoms with Crippen molar-refractivity contribution < 1.29 is 0 Å². The number of hydrazine groups is 1. The van der Waals surface area contributed by atoms with Crippen LogP contribution in [0.15, 0.2) is 0 Å². The first-order chi connectivity index (χ1) is 8.75. The van der Waals surface area contributed by atoms with Crippen LogP contribution in [0.1, 0.15) is 71.6 Å². The van der Waals surface area contributed by atoms with Gasteiger partial charge in [0, 0.05) is 18.1 Å². The largest absolute Gasteiger partial charge is 0.252 e. The summed E-state index contributed by atoms with van der Waals surface area (Å²) in [5.41, 5.74) is 3.81. The maximum Gasteiger partial charge on any atom is 0.0275 e. The highest BCUT2D eigenvalue weighted by atomic mass is 15.5. The molecule has 4 atom stereocenters. The lowest BCUT2D eigenvalue weighted by molar-refractivity contribution is -0.0775. The van der Waals surface area contributed by atoms with E-state index in [2.05, 4.69) is 24.3 Å². The number of fused-ring (bicyclic) bond motifs is 2. The van der Waals surface area contributed by atoms with E-state index in [9.17, 15) is 0 Å². The van der Waals surface area contributed by atoms with Crippen LogP contribution in [0, 0.1) is 11.8 Å². The van der Waals surface area contributed by atoms with E-state index in [1.807, 2.05) is 0 Å². The Morgan fingerprint density at radius 1 is 0.833 bits per heavy atom. The third-order valence-electron chi connectivity index (χ3n) is 5.47. The first kappa shape index (κ1) is 12.9. The molecule has 3 fully saturated rings. The predicted molar refractivity (Wildman–Crippen MR) is 76.2 cm³/mol. The highest BCUT2D eigenvalue weighted by molar-refractivity contribution is 4.96. The molecular weight excluding hydrogens is 220 g/mol. The highest BCUT2D eigenvalue weighted by Gasteiger charge is 2.44. The van der Waals surface area contributed by atoms with E-state index in [1.165, 1.54) is 57.8 Å². The zero-order valence-corrected chi connectivity index (χ0v) is 12.2. The number of hydrogen-bond donors (Lipinski definition) is 1. The Hall–Kier alpha value is -0.0800. The zero-order chi connectivity index (χ0) is 12.5.